The number of para-hydroxylation sites is 1. The van der Waals surface area contributed by atoms with Crippen LogP contribution in [0.15, 0.2) is 54.2 Å². The number of imidazole rings is 1. The molecule has 144 valence electrons. The zero-order valence-corrected chi connectivity index (χ0v) is 15.3. The molecule has 6 rings (SSSR count). The molecule has 1 aliphatic heterocycles. The molecule has 0 bridgehead atoms. The summed E-state index contributed by atoms with van der Waals surface area (Å²) >= 11 is 0. The summed E-state index contributed by atoms with van der Waals surface area (Å²) in [4.78, 5) is 23.1. The van der Waals surface area contributed by atoms with Crippen LogP contribution >= 0.6 is 0 Å². The molecule has 0 radical (unpaired) electrons. The number of nitrogen functional groups attached to an aromatic ring is 1. The minimum atomic E-state index is -0.650. The molecule has 4 atom stereocenters. The highest BCUT2D eigenvalue weighted by molar-refractivity contribution is 6.03. The number of pyridine rings is 1. The second-order valence-electron chi connectivity index (χ2n) is 7.41. The van der Waals surface area contributed by atoms with Gasteiger partial charge in [-0.1, -0.05) is 29.4 Å². The van der Waals surface area contributed by atoms with Gasteiger partial charge in [-0.05, 0) is 18.6 Å². The Morgan fingerprint density at radius 3 is 2.93 bits per heavy atom. The van der Waals surface area contributed by atoms with E-state index in [-0.39, 0.29) is 12.0 Å². The first-order valence-corrected chi connectivity index (χ1v) is 9.41. The quantitative estimate of drug-likeness (QED) is 0.536. The normalized spacial score (nSPS) is 25.9. The molecule has 3 N–H and O–H groups in total. The van der Waals surface area contributed by atoms with Crippen LogP contribution in [0, 0.1) is 5.92 Å². The van der Waals surface area contributed by atoms with Crippen molar-refractivity contribution >= 4 is 33.6 Å². The Morgan fingerprint density at radius 2 is 2.00 bits per heavy atom. The van der Waals surface area contributed by atoms with E-state index in [1.54, 1.807) is 6.33 Å². The van der Waals surface area contributed by atoms with Gasteiger partial charge in [0.25, 0.3) is 0 Å². The van der Waals surface area contributed by atoms with E-state index in [1.807, 2.05) is 41.0 Å². The van der Waals surface area contributed by atoms with Crippen molar-refractivity contribution in [2.45, 2.75) is 24.7 Å². The molecular weight excluding hydrogens is 370 g/mol. The molecule has 0 amide bonds. The SMILES string of the molecule is Nc1ncnc2c1ncn2[C@@H]1C[C@H](O)[C@H]2ON=C(c3ccc4ccccc4n3)[C@H]21. The smallest absolute Gasteiger partial charge is 0.165 e. The number of aromatic nitrogens is 5. The van der Waals surface area contributed by atoms with Gasteiger partial charge in [-0.2, -0.15) is 0 Å². The van der Waals surface area contributed by atoms with Crippen LogP contribution in [0.4, 0.5) is 5.82 Å². The molecule has 0 saturated heterocycles. The van der Waals surface area contributed by atoms with Crippen LogP contribution in [0.5, 0.6) is 0 Å². The third kappa shape index (κ3) is 2.34. The number of oxime groups is 1. The average Bonchev–Trinajstić information content (AvgIpc) is 3.44. The number of aliphatic hydroxyl groups excluding tert-OH is 1. The van der Waals surface area contributed by atoms with Gasteiger partial charge in [0, 0.05) is 5.39 Å². The van der Waals surface area contributed by atoms with E-state index < -0.39 is 12.2 Å². The molecule has 9 heteroatoms. The Hall–Kier alpha value is -3.59. The summed E-state index contributed by atoms with van der Waals surface area (Å²) < 4.78 is 1.94. The van der Waals surface area contributed by atoms with Gasteiger partial charge in [0.1, 0.15) is 17.6 Å². The summed E-state index contributed by atoms with van der Waals surface area (Å²) in [6.07, 6.45) is 2.53. The van der Waals surface area contributed by atoms with E-state index in [0.717, 1.165) is 22.3 Å². The molecule has 4 aromatic rings. The summed E-state index contributed by atoms with van der Waals surface area (Å²) in [6.45, 7) is 0. The molecule has 9 nitrogen and oxygen atoms in total. The average molecular weight is 387 g/mol. The van der Waals surface area contributed by atoms with Gasteiger partial charge in [0.2, 0.25) is 0 Å². The van der Waals surface area contributed by atoms with Crippen LogP contribution in [0.3, 0.4) is 0 Å². The number of benzene rings is 1. The molecular formula is C20H17N7O2. The summed E-state index contributed by atoms with van der Waals surface area (Å²) in [5, 5.41) is 16.0. The molecule has 1 aromatic carbocycles. The fourth-order valence-corrected chi connectivity index (χ4v) is 4.46. The van der Waals surface area contributed by atoms with Crippen LogP contribution < -0.4 is 5.73 Å². The summed E-state index contributed by atoms with van der Waals surface area (Å²) in [5.41, 5.74) is 9.48. The zero-order valence-electron chi connectivity index (χ0n) is 15.3. The number of fused-ring (bicyclic) bond motifs is 3. The molecule has 1 aliphatic carbocycles. The standard InChI is InChI=1S/C20H17N7O2/c21-19-17-20(23-8-22-19)27(9-24-17)13-7-14(28)18-15(13)16(26-29-18)12-6-5-10-3-1-2-4-11(10)25-12/h1-6,8-9,13-15,18,28H,7H2,(H2,21,22,23)/t13-,14+,15-,18-/m1/s1. The molecule has 3 aromatic heterocycles. The van der Waals surface area contributed by atoms with E-state index in [4.69, 9.17) is 15.6 Å². The number of anilines is 1. The van der Waals surface area contributed by atoms with E-state index in [2.05, 4.69) is 20.1 Å². The first-order valence-electron chi connectivity index (χ1n) is 9.41. The maximum atomic E-state index is 10.6. The maximum Gasteiger partial charge on any atom is 0.165 e. The third-order valence-electron chi connectivity index (χ3n) is 5.82. The van der Waals surface area contributed by atoms with Crippen LogP contribution in [0.25, 0.3) is 22.1 Å². The van der Waals surface area contributed by atoms with Crippen molar-refractivity contribution in [1.29, 1.82) is 0 Å². The molecule has 4 heterocycles. The molecule has 1 fully saturated rings. The molecule has 1 saturated carbocycles. The van der Waals surface area contributed by atoms with Crippen molar-refractivity contribution in [2.75, 3.05) is 5.73 Å². The monoisotopic (exact) mass is 387 g/mol. The van der Waals surface area contributed by atoms with Crippen molar-refractivity contribution in [2.24, 2.45) is 11.1 Å². The third-order valence-corrected chi connectivity index (χ3v) is 5.82. The molecule has 29 heavy (non-hydrogen) atoms. The van der Waals surface area contributed by atoms with Crippen LogP contribution in [0.2, 0.25) is 0 Å². The van der Waals surface area contributed by atoms with Crippen molar-refractivity contribution in [3.63, 3.8) is 0 Å². The van der Waals surface area contributed by atoms with Crippen molar-refractivity contribution in [3.8, 4) is 0 Å². The number of rotatable bonds is 2. The molecule has 0 unspecified atom stereocenters. The van der Waals surface area contributed by atoms with Crippen molar-refractivity contribution < 1.29 is 9.94 Å². The number of aliphatic hydroxyl groups is 1. The highest BCUT2D eigenvalue weighted by atomic mass is 16.7. The minimum absolute atomic E-state index is 0.135. The predicted molar refractivity (Wildman–Crippen MR) is 106 cm³/mol. The number of hydrogen-bond donors (Lipinski definition) is 2. The second-order valence-corrected chi connectivity index (χ2v) is 7.41. The van der Waals surface area contributed by atoms with Crippen LogP contribution in [-0.4, -0.2) is 47.5 Å². The lowest BCUT2D eigenvalue weighted by molar-refractivity contribution is -0.0104. The molecule has 0 spiro atoms. The first-order chi connectivity index (χ1) is 14.2. The van der Waals surface area contributed by atoms with Crippen LogP contribution in [0.1, 0.15) is 18.2 Å². The Labute approximate surface area is 164 Å². The highest BCUT2D eigenvalue weighted by Crippen LogP contribution is 2.44. The Balaban J connectivity index is 1.45. The lowest BCUT2D eigenvalue weighted by atomic mass is 9.93. The maximum absolute atomic E-state index is 10.6. The zero-order chi connectivity index (χ0) is 19.5. The Bertz CT molecular complexity index is 1280. The molecule has 2 aliphatic rings. The van der Waals surface area contributed by atoms with E-state index in [0.29, 0.717) is 23.4 Å². The summed E-state index contributed by atoms with van der Waals surface area (Å²) in [5.74, 6) is 0.156. The van der Waals surface area contributed by atoms with Gasteiger partial charge < -0.3 is 20.2 Å². The van der Waals surface area contributed by atoms with E-state index in [1.165, 1.54) is 6.33 Å². The number of hydrogen-bond acceptors (Lipinski definition) is 8. The van der Waals surface area contributed by atoms with Crippen molar-refractivity contribution in [1.82, 2.24) is 24.5 Å². The summed E-state index contributed by atoms with van der Waals surface area (Å²) in [6, 6.07) is 11.8. The van der Waals surface area contributed by atoms with Crippen LogP contribution in [-0.2, 0) is 4.84 Å². The second kappa shape index (κ2) is 5.95. The van der Waals surface area contributed by atoms with Gasteiger partial charge >= 0.3 is 0 Å². The first kappa shape index (κ1) is 16.4. The fraction of sp³-hybridized carbons (Fsp3) is 0.250. The largest absolute Gasteiger partial charge is 0.389 e. The van der Waals surface area contributed by atoms with Gasteiger partial charge in [0.15, 0.2) is 17.6 Å². The topological polar surface area (TPSA) is 124 Å². The van der Waals surface area contributed by atoms with E-state index in [9.17, 15) is 5.11 Å². The number of nitrogens with two attached hydrogens (primary N) is 1. The minimum Gasteiger partial charge on any atom is -0.389 e. The lowest BCUT2D eigenvalue weighted by Crippen LogP contribution is -2.29. The fourth-order valence-electron chi connectivity index (χ4n) is 4.46. The Morgan fingerprint density at radius 1 is 1.10 bits per heavy atom. The lowest BCUT2D eigenvalue weighted by Gasteiger charge is -2.20. The number of nitrogens with zero attached hydrogens (tertiary/aromatic N) is 6. The predicted octanol–water partition coefficient (Wildman–Crippen LogP) is 1.68. The van der Waals surface area contributed by atoms with Crippen molar-refractivity contribution in [3.05, 3.63) is 54.7 Å². The van der Waals surface area contributed by atoms with Gasteiger partial charge in [0.05, 0.1) is 35.6 Å². The van der Waals surface area contributed by atoms with E-state index >= 15 is 0 Å². The van der Waals surface area contributed by atoms with Gasteiger partial charge in [-0.3, -0.25) is 0 Å². The van der Waals surface area contributed by atoms with Gasteiger partial charge in [-0.25, -0.2) is 19.9 Å². The highest BCUT2D eigenvalue weighted by Gasteiger charge is 2.52. The van der Waals surface area contributed by atoms with Gasteiger partial charge in [-0.15, -0.1) is 0 Å². The summed E-state index contributed by atoms with van der Waals surface area (Å²) in [7, 11) is 0. The Kier molecular flexibility index (Phi) is 3.36.